The third-order valence-corrected chi connectivity index (χ3v) is 5.02. The molecule has 3 aromatic rings. The summed E-state index contributed by atoms with van der Waals surface area (Å²) in [6.45, 7) is 3.96. The number of carbonyl (C=O) groups excluding carboxylic acids is 1. The molecule has 27 heavy (non-hydrogen) atoms. The van der Waals surface area contributed by atoms with Gasteiger partial charge in [0.05, 0.1) is 5.25 Å². The number of anilines is 1. The van der Waals surface area contributed by atoms with E-state index in [2.05, 4.69) is 31.4 Å². The van der Waals surface area contributed by atoms with Crippen LogP contribution in [0.1, 0.15) is 18.4 Å². The van der Waals surface area contributed by atoms with Crippen molar-refractivity contribution in [3.05, 3.63) is 64.5 Å². The molecule has 0 spiro atoms. The van der Waals surface area contributed by atoms with Crippen molar-refractivity contribution < 1.29 is 13.9 Å². The highest BCUT2D eigenvalue weighted by Crippen LogP contribution is 2.24. The van der Waals surface area contributed by atoms with Gasteiger partial charge in [0.1, 0.15) is 5.75 Å². The molecule has 1 atom stereocenters. The Morgan fingerprint density at radius 3 is 2.78 bits per heavy atom. The number of rotatable bonds is 7. The molecular weight excluding hydrogens is 430 g/mol. The summed E-state index contributed by atoms with van der Waals surface area (Å²) >= 11 is 4.57. The van der Waals surface area contributed by atoms with Crippen LogP contribution in [0.4, 0.5) is 5.69 Å². The van der Waals surface area contributed by atoms with Crippen molar-refractivity contribution in [3.63, 3.8) is 0 Å². The summed E-state index contributed by atoms with van der Waals surface area (Å²) in [5.41, 5.74) is 1.84. The Balaban J connectivity index is 1.51. The average Bonchev–Trinajstić information content (AvgIpc) is 3.09. The molecule has 2 aromatic carbocycles. The average molecular weight is 448 g/mol. The van der Waals surface area contributed by atoms with E-state index in [1.54, 1.807) is 6.92 Å². The monoisotopic (exact) mass is 447 g/mol. The highest BCUT2D eigenvalue weighted by atomic mass is 79.9. The minimum atomic E-state index is -0.389. The van der Waals surface area contributed by atoms with E-state index >= 15 is 0 Å². The molecule has 0 bridgehead atoms. The fourth-order valence-electron chi connectivity index (χ4n) is 2.18. The zero-order valence-electron chi connectivity index (χ0n) is 14.8. The van der Waals surface area contributed by atoms with E-state index in [0.717, 1.165) is 21.5 Å². The second-order valence-electron chi connectivity index (χ2n) is 5.82. The maximum Gasteiger partial charge on any atom is 0.277 e. The van der Waals surface area contributed by atoms with E-state index < -0.39 is 0 Å². The summed E-state index contributed by atoms with van der Waals surface area (Å²) in [5, 5.41) is 10.7. The van der Waals surface area contributed by atoms with E-state index in [0.29, 0.717) is 11.1 Å². The number of aromatic nitrogens is 2. The zero-order chi connectivity index (χ0) is 19.2. The van der Waals surface area contributed by atoms with Crippen molar-refractivity contribution in [3.8, 4) is 5.75 Å². The fraction of sp³-hybridized carbons (Fsp3) is 0.211. The maximum absolute atomic E-state index is 12.3. The van der Waals surface area contributed by atoms with Gasteiger partial charge in [-0.05, 0) is 55.8 Å². The normalized spacial score (nSPS) is 11.8. The lowest BCUT2D eigenvalue weighted by atomic mass is 10.2. The number of carbonyl (C=O) groups is 1. The first-order valence-corrected chi connectivity index (χ1v) is 9.92. The molecule has 0 unspecified atom stereocenters. The molecule has 1 heterocycles. The molecule has 1 N–H and O–H groups in total. The molecule has 1 aromatic heterocycles. The van der Waals surface area contributed by atoms with Crippen LogP contribution in [0, 0.1) is 6.92 Å². The largest absolute Gasteiger partial charge is 0.484 e. The SMILES string of the molecule is Cc1cccc(OCc2nnc(S[C@@H](C)C(=O)Nc3ccc(Br)cc3)o2)c1. The lowest BCUT2D eigenvalue weighted by molar-refractivity contribution is -0.115. The van der Waals surface area contributed by atoms with Gasteiger partial charge in [0.25, 0.3) is 11.1 Å². The van der Waals surface area contributed by atoms with Gasteiger partial charge in [-0.25, -0.2) is 0 Å². The topological polar surface area (TPSA) is 77.2 Å². The number of benzene rings is 2. The summed E-state index contributed by atoms with van der Waals surface area (Å²) < 4.78 is 12.1. The molecule has 1 amide bonds. The Morgan fingerprint density at radius 2 is 2.04 bits per heavy atom. The number of nitrogens with one attached hydrogen (secondary N) is 1. The summed E-state index contributed by atoms with van der Waals surface area (Å²) in [6.07, 6.45) is 0. The van der Waals surface area contributed by atoms with E-state index in [9.17, 15) is 4.79 Å². The molecule has 0 aliphatic rings. The third-order valence-electron chi connectivity index (χ3n) is 3.56. The van der Waals surface area contributed by atoms with Crippen molar-refractivity contribution in [2.75, 3.05) is 5.32 Å². The molecular formula is C19H18BrN3O3S. The molecule has 140 valence electrons. The Bertz CT molecular complexity index is 915. The van der Waals surface area contributed by atoms with Crippen LogP contribution >= 0.6 is 27.7 Å². The van der Waals surface area contributed by atoms with Gasteiger partial charge in [-0.1, -0.05) is 39.8 Å². The number of amides is 1. The van der Waals surface area contributed by atoms with E-state index in [-0.39, 0.29) is 17.8 Å². The minimum Gasteiger partial charge on any atom is -0.484 e. The summed E-state index contributed by atoms with van der Waals surface area (Å²) in [4.78, 5) is 12.3. The molecule has 0 aliphatic carbocycles. The molecule has 0 saturated heterocycles. The Hall–Kier alpha value is -2.32. The number of aryl methyl sites for hydroxylation is 1. The van der Waals surface area contributed by atoms with Crippen LogP contribution in [-0.4, -0.2) is 21.4 Å². The number of thioether (sulfide) groups is 1. The first kappa shape index (κ1) is 19.4. The van der Waals surface area contributed by atoms with Crippen LogP contribution in [-0.2, 0) is 11.4 Å². The van der Waals surface area contributed by atoms with E-state index in [4.69, 9.17) is 9.15 Å². The van der Waals surface area contributed by atoms with Gasteiger partial charge in [0, 0.05) is 10.2 Å². The van der Waals surface area contributed by atoms with Crippen LogP contribution < -0.4 is 10.1 Å². The van der Waals surface area contributed by atoms with E-state index in [1.807, 2.05) is 55.5 Å². The predicted octanol–water partition coefficient (Wildman–Crippen LogP) is 4.84. The van der Waals surface area contributed by atoms with Crippen LogP contribution in [0.25, 0.3) is 0 Å². The number of ether oxygens (including phenoxy) is 1. The molecule has 3 rings (SSSR count). The maximum atomic E-state index is 12.3. The van der Waals surface area contributed by atoms with Gasteiger partial charge >= 0.3 is 0 Å². The molecule has 6 nitrogen and oxygen atoms in total. The number of hydrogen-bond donors (Lipinski definition) is 1. The molecule has 8 heteroatoms. The predicted molar refractivity (Wildman–Crippen MR) is 108 cm³/mol. The fourth-order valence-corrected chi connectivity index (χ4v) is 3.14. The van der Waals surface area contributed by atoms with Gasteiger partial charge in [-0.3, -0.25) is 4.79 Å². The van der Waals surface area contributed by atoms with Crippen LogP contribution in [0.3, 0.4) is 0 Å². The quantitative estimate of drug-likeness (QED) is 0.522. The standard InChI is InChI=1S/C19H18BrN3O3S/c1-12-4-3-5-16(10-12)25-11-17-22-23-19(26-17)27-13(2)18(24)21-15-8-6-14(20)7-9-15/h3-10,13H,11H2,1-2H3,(H,21,24)/t13-/m0/s1. The Labute approximate surface area is 169 Å². The van der Waals surface area contributed by atoms with Gasteiger partial charge in [0.2, 0.25) is 5.91 Å². The molecule has 0 aliphatic heterocycles. The van der Waals surface area contributed by atoms with Crippen molar-refractivity contribution in [2.45, 2.75) is 30.9 Å². The van der Waals surface area contributed by atoms with Crippen molar-refractivity contribution >= 4 is 39.3 Å². The highest BCUT2D eigenvalue weighted by molar-refractivity contribution is 9.10. The van der Waals surface area contributed by atoms with Gasteiger partial charge in [0.15, 0.2) is 6.61 Å². The first-order chi connectivity index (χ1) is 13.0. The molecule has 0 radical (unpaired) electrons. The zero-order valence-corrected chi connectivity index (χ0v) is 17.2. The second kappa shape index (κ2) is 9.05. The van der Waals surface area contributed by atoms with Gasteiger partial charge in [-0.2, -0.15) is 0 Å². The van der Waals surface area contributed by atoms with Gasteiger partial charge < -0.3 is 14.5 Å². The number of nitrogens with zero attached hydrogens (tertiary/aromatic N) is 2. The highest BCUT2D eigenvalue weighted by Gasteiger charge is 2.18. The minimum absolute atomic E-state index is 0.141. The molecule has 0 fully saturated rings. The van der Waals surface area contributed by atoms with Gasteiger partial charge in [-0.15, -0.1) is 10.2 Å². The Morgan fingerprint density at radius 1 is 1.26 bits per heavy atom. The number of halogens is 1. The summed E-state index contributed by atoms with van der Waals surface area (Å²) in [5.74, 6) is 0.960. The second-order valence-corrected chi connectivity index (χ2v) is 8.03. The molecule has 0 saturated carbocycles. The third kappa shape index (κ3) is 5.83. The van der Waals surface area contributed by atoms with Crippen molar-refractivity contribution in [1.29, 1.82) is 0 Å². The van der Waals surface area contributed by atoms with Crippen LogP contribution in [0.15, 0.2) is 62.6 Å². The first-order valence-electron chi connectivity index (χ1n) is 8.24. The van der Waals surface area contributed by atoms with Crippen LogP contribution in [0.5, 0.6) is 5.75 Å². The van der Waals surface area contributed by atoms with E-state index in [1.165, 1.54) is 11.8 Å². The van der Waals surface area contributed by atoms with Crippen LogP contribution in [0.2, 0.25) is 0 Å². The lowest BCUT2D eigenvalue weighted by Gasteiger charge is -2.09. The lowest BCUT2D eigenvalue weighted by Crippen LogP contribution is -2.22. The summed E-state index contributed by atoms with van der Waals surface area (Å²) in [6, 6.07) is 15.1. The summed E-state index contributed by atoms with van der Waals surface area (Å²) in [7, 11) is 0. The van der Waals surface area contributed by atoms with Crippen molar-refractivity contribution in [2.24, 2.45) is 0 Å². The smallest absolute Gasteiger partial charge is 0.277 e. The number of hydrogen-bond acceptors (Lipinski definition) is 6. The van der Waals surface area contributed by atoms with Crippen molar-refractivity contribution in [1.82, 2.24) is 10.2 Å². The Kier molecular flexibility index (Phi) is 6.52.